The molecule has 3 N–H and O–H groups in total. The number of nitriles is 1. The van der Waals surface area contributed by atoms with Gasteiger partial charge in [-0.25, -0.2) is 4.39 Å². The molecule has 0 bridgehead atoms. The van der Waals surface area contributed by atoms with Crippen molar-refractivity contribution in [3.8, 4) is 17.3 Å². The molecule has 3 aromatic rings. The molecule has 23 heavy (non-hydrogen) atoms. The normalized spacial score (nSPS) is 10.8. The van der Waals surface area contributed by atoms with Gasteiger partial charge in [-0.1, -0.05) is 0 Å². The van der Waals surface area contributed by atoms with Crippen LogP contribution in [-0.4, -0.2) is 11.5 Å². The van der Waals surface area contributed by atoms with Gasteiger partial charge in [0.25, 0.3) is 0 Å². The molecule has 3 nitrogen and oxygen atoms in total. The Morgan fingerprint density at radius 1 is 1.09 bits per heavy atom. The first-order chi connectivity index (χ1) is 11.2. The zero-order chi connectivity index (χ0) is 16.2. The number of nitrogens with one attached hydrogen (secondary N) is 1. The van der Waals surface area contributed by atoms with E-state index in [1.165, 1.54) is 12.1 Å². The Morgan fingerprint density at radius 2 is 1.87 bits per heavy atom. The molecule has 4 heteroatoms. The molecule has 0 saturated heterocycles. The summed E-state index contributed by atoms with van der Waals surface area (Å²) in [4.78, 5) is 3.42. The highest BCUT2D eigenvalue weighted by Crippen LogP contribution is 2.32. The lowest BCUT2D eigenvalue weighted by Crippen LogP contribution is -1.99. The molecule has 0 aliphatic carbocycles. The SMILES string of the molecule is N#Cc1ccc2[nH]c(-c3ccc(F)cc3)c(CCCCN)c2c1. The number of hydrogen-bond donors (Lipinski definition) is 2. The topological polar surface area (TPSA) is 65.6 Å². The number of aromatic amines is 1. The minimum Gasteiger partial charge on any atom is -0.354 e. The molecule has 0 fully saturated rings. The molecule has 3 rings (SSSR count). The van der Waals surface area contributed by atoms with Gasteiger partial charge in [0.1, 0.15) is 5.82 Å². The van der Waals surface area contributed by atoms with Gasteiger partial charge in [0, 0.05) is 16.6 Å². The van der Waals surface area contributed by atoms with Gasteiger partial charge < -0.3 is 10.7 Å². The maximum Gasteiger partial charge on any atom is 0.123 e. The molecule has 1 heterocycles. The van der Waals surface area contributed by atoms with E-state index in [1.54, 1.807) is 18.2 Å². The van der Waals surface area contributed by atoms with Crippen molar-refractivity contribution in [3.63, 3.8) is 0 Å². The van der Waals surface area contributed by atoms with Crippen molar-refractivity contribution in [2.75, 3.05) is 6.54 Å². The first kappa shape index (κ1) is 15.3. The molecule has 0 amide bonds. The second-order valence-electron chi connectivity index (χ2n) is 5.60. The van der Waals surface area contributed by atoms with Gasteiger partial charge in [-0.3, -0.25) is 0 Å². The van der Waals surface area contributed by atoms with Crippen molar-refractivity contribution in [1.82, 2.24) is 4.98 Å². The predicted octanol–water partition coefficient (Wildman–Crippen LogP) is 4.13. The standard InChI is InChI=1S/C19H18FN3/c20-15-7-5-14(6-8-15)19-16(3-1-2-10-21)17-11-13(12-22)4-9-18(17)23-19/h4-9,11,23H,1-3,10,21H2. The zero-order valence-electron chi connectivity index (χ0n) is 12.8. The quantitative estimate of drug-likeness (QED) is 0.696. The van der Waals surface area contributed by atoms with E-state index < -0.39 is 0 Å². The van der Waals surface area contributed by atoms with Gasteiger partial charge in [0.15, 0.2) is 0 Å². The number of nitrogens with two attached hydrogens (primary N) is 1. The van der Waals surface area contributed by atoms with Gasteiger partial charge in [0.05, 0.1) is 11.6 Å². The summed E-state index contributed by atoms with van der Waals surface area (Å²) in [5.74, 6) is -0.249. The number of benzene rings is 2. The minimum absolute atomic E-state index is 0.249. The van der Waals surface area contributed by atoms with Crippen LogP contribution in [0.4, 0.5) is 4.39 Å². The van der Waals surface area contributed by atoms with Crippen LogP contribution >= 0.6 is 0 Å². The predicted molar refractivity (Wildman–Crippen MR) is 90.4 cm³/mol. The van der Waals surface area contributed by atoms with Crippen molar-refractivity contribution in [2.24, 2.45) is 5.73 Å². The number of H-pyrrole nitrogens is 1. The molecular formula is C19H18FN3. The molecule has 0 radical (unpaired) electrons. The van der Waals surface area contributed by atoms with Crippen LogP contribution in [0.2, 0.25) is 0 Å². The lowest BCUT2D eigenvalue weighted by Gasteiger charge is -2.05. The van der Waals surface area contributed by atoms with Crippen molar-refractivity contribution in [1.29, 1.82) is 5.26 Å². The fourth-order valence-corrected chi connectivity index (χ4v) is 2.89. The maximum atomic E-state index is 13.2. The molecule has 0 spiro atoms. The smallest absolute Gasteiger partial charge is 0.123 e. The van der Waals surface area contributed by atoms with Crippen LogP contribution in [-0.2, 0) is 6.42 Å². The van der Waals surface area contributed by atoms with E-state index >= 15 is 0 Å². The van der Waals surface area contributed by atoms with Crippen molar-refractivity contribution >= 4 is 10.9 Å². The number of fused-ring (bicyclic) bond motifs is 1. The third kappa shape index (κ3) is 3.10. The van der Waals surface area contributed by atoms with Crippen LogP contribution in [0.15, 0.2) is 42.5 Å². The van der Waals surface area contributed by atoms with Crippen LogP contribution in [0.3, 0.4) is 0 Å². The molecule has 116 valence electrons. The Bertz CT molecular complexity index is 857. The van der Waals surface area contributed by atoms with E-state index in [1.807, 2.05) is 12.1 Å². The van der Waals surface area contributed by atoms with E-state index in [9.17, 15) is 4.39 Å². The fourth-order valence-electron chi connectivity index (χ4n) is 2.89. The molecule has 0 unspecified atom stereocenters. The molecule has 0 saturated carbocycles. The number of hydrogen-bond acceptors (Lipinski definition) is 2. The molecule has 0 atom stereocenters. The van der Waals surface area contributed by atoms with Crippen LogP contribution in [0.1, 0.15) is 24.0 Å². The van der Waals surface area contributed by atoms with Crippen LogP contribution in [0, 0.1) is 17.1 Å². The van der Waals surface area contributed by atoms with E-state index in [0.29, 0.717) is 12.1 Å². The Morgan fingerprint density at radius 3 is 2.57 bits per heavy atom. The fraction of sp³-hybridized carbons (Fsp3) is 0.211. The summed E-state index contributed by atoms with van der Waals surface area (Å²) in [6, 6.07) is 14.3. The van der Waals surface area contributed by atoms with Crippen molar-refractivity contribution < 1.29 is 4.39 Å². The highest BCUT2D eigenvalue weighted by molar-refractivity contribution is 5.91. The summed E-state index contributed by atoms with van der Waals surface area (Å²) < 4.78 is 13.2. The van der Waals surface area contributed by atoms with Crippen LogP contribution in [0.25, 0.3) is 22.2 Å². The number of aryl methyl sites for hydroxylation is 1. The van der Waals surface area contributed by atoms with Crippen LogP contribution in [0.5, 0.6) is 0 Å². The number of unbranched alkanes of at least 4 members (excludes halogenated alkanes) is 1. The van der Waals surface area contributed by atoms with Gasteiger partial charge in [-0.05, 0) is 79.4 Å². The average Bonchev–Trinajstić information content (AvgIpc) is 2.93. The average molecular weight is 307 g/mol. The number of rotatable bonds is 5. The minimum atomic E-state index is -0.249. The maximum absolute atomic E-state index is 13.2. The van der Waals surface area contributed by atoms with Crippen molar-refractivity contribution in [2.45, 2.75) is 19.3 Å². The van der Waals surface area contributed by atoms with E-state index in [2.05, 4.69) is 11.1 Å². The number of aromatic nitrogens is 1. The molecule has 0 aliphatic heterocycles. The summed E-state index contributed by atoms with van der Waals surface area (Å²) in [7, 11) is 0. The summed E-state index contributed by atoms with van der Waals surface area (Å²) in [6.07, 6.45) is 2.81. The van der Waals surface area contributed by atoms with Gasteiger partial charge in [0.2, 0.25) is 0 Å². The summed E-state index contributed by atoms with van der Waals surface area (Å²) in [6.45, 7) is 0.664. The van der Waals surface area contributed by atoms with Crippen LogP contribution < -0.4 is 5.73 Å². The number of nitrogens with zero attached hydrogens (tertiary/aromatic N) is 1. The Labute approximate surface area is 134 Å². The highest BCUT2D eigenvalue weighted by atomic mass is 19.1. The third-order valence-electron chi connectivity index (χ3n) is 4.05. The Balaban J connectivity index is 2.13. The second-order valence-corrected chi connectivity index (χ2v) is 5.60. The monoisotopic (exact) mass is 307 g/mol. The summed E-state index contributed by atoms with van der Waals surface area (Å²) in [5.41, 5.74) is 10.3. The molecule has 1 aromatic heterocycles. The summed E-state index contributed by atoms with van der Waals surface area (Å²) in [5, 5.41) is 10.2. The summed E-state index contributed by atoms with van der Waals surface area (Å²) >= 11 is 0. The molecular weight excluding hydrogens is 289 g/mol. The van der Waals surface area contributed by atoms with E-state index in [0.717, 1.165) is 47.0 Å². The third-order valence-corrected chi connectivity index (χ3v) is 4.05. The van der Waals surface area contributed by atoms with E-state index in [4.69, 9.17) is 11.0 Å². The first-order valence-corrected chi connectivity index (χ1v) is 7.73. The first-order valence-electron chi connectivity index (χ1n) is 7.73. The second kappa shape index (κ2) is 6.64. The number of halogens is 1. The Kier molecular flexibility index (Phi) is 4.40. The molecule has 2 aromatic carbocycles. The van der Waals surface area contributed by atoms with Gasteiger partial charge >= 0.3 is 0 Å². The zero-order valence-corrected chi connectivity index (χ0v) is 12.8. The Hall–Kier alpha value is -2.64. The largest absolute Gasteiger partial charge is 0.354 e. The van der Waals surface area contributed by atoms with Crippen molar-refractivity contribution in [3.05, 3.63) is 59.4 Å². The van der Waals surface area contributed by atoms with E-state index in [-0.39, 0.29) is 5.82 Å². The lowest BCUT2D eigenvalue weighted by atomic mass is 9.99. The van der Waals surface area contributed by atoms with Gasteiger partial charge in [-0.2, -0.15) is 5.26 Å². The molecule has 0 aliphatic rings. The van der Waals surface area contributed by atoms with Gasteiger partial charge in [-0.15, -0.1) is 0 Å². The highest BCUT2D eigenvalue weighted by Gasteiger charge is 2.13. The lowest BCUT2D eigenvalue weighted by molar-refractivity contribution is 0.628.